The summed E-state index contributed by atoms with van der Waals surface area (Å²) in [6, 6.07) is 14.6. The van der Waals surface area contributed by atoms with E-state index in [1.165, 1.54) is 5.56 Å². The molecule has 0 bridgehead atoms. The average molecular weight is 441 g/mol. The van der Waals surface area contributed by atoms with Gasteiger partial charge in [0.2, 0.25) is 10.0 Å². The molecule has 0 radical (unpaired) electrons. The van der Waals surface area contributed by atoms with Gasteiger partial charge in [-0.15, -0.1) is 0 Å². The van der Waals surface area contributed by atoms with Crippen molar-refractivity contribution in [3.63, 3.8) is 0 Å². The Labute approximate surface area is 174 Å². The first-order valence-corrected chi connectivity index (χ1v) is 12.0. The second-order valence-electron chi connectivity index (χ2n) is 6.67. The molecule has 1 atom stereocenters. The molecule has 2 N–H and O–H groups in total. The van der Waals surface area contributed by atoms with E-state index in [-0.39, 0.29) is 0 Å². The summed E-state index contributed by atoms with van der Waals surface area (Å²) in [5.41, 5.74) is 2.59. The van der Waals surface area contributed by atoms with Gasteiger partial charge >= 0.3 is 0 Å². The normalized spacial score (nSPS) is 12.7. The van der Waals surface area contributed by atoms with Crippen molar-refractivity contribution in [2.75, 3.05) is 37.7 Å². The Morgan fingerprint density at radius 2 is 1.66 bits per heavy atom. The van der Waals surface area contributed by atoms with Crippen LogP contribution in [0, 0.1) is 0 Å². The van der Waals surface area contributed by atoms with Crippen LogP contribution in [0.15, 0.2) is 48.5 Å². The van der Waals surface area contributed by atoms with Crippen molar-refractivity contribution < 1.29 is 21.9 Å². The lowest BCUT2D eigenvalue weighted by molar-refractivity contribution is 0.239. The Morgan fingerprint density at radius 1 is 1.03 bits per heavy atom. The number of anilines is 1. The smallest absolute Gasteiger partial charge is 0.229 e. The van der Waals surface area contributed by atoms with E-state index in [0.29, 0.717) is 24.6 Å². The predicted octanol–water partition coefficient (Wildman–Crippen LogP) is 1.50. The Bertz CT molecular complexity index is 887. The molecule has 29 heavy (non-hydrogen) atoms. The minimum atomic E-state index is -3.28. The van der Waals surface area contributed by atoms with Crippen LogP contribution in [0.1, 0.15) is 11.1 Å². The molecule has 0 saturated carbocycles. The first-order valence-electron chi connectivity index (χ1n) is 9.01. The zero-order valence-corrected chi connectivity index (χ0v) is 18.1. The van der Waals surface area contributed by atoms with E-state index in [1.807, 2.05) is 31.3 Å². The fraction of sp³-hybridized carbons (Fsp3) is 0.368. The van der Waals surface area contributed by atoms with Crippen molar-refractivity contribution in [1.29, 1.82) is 0 Å². The lowest BCUT2D eigenvalue weighted by Gasteiger charge is -2.17. The van der Waals surface area contributed by atoms with Crippen molar-refractivity contribution in [2.45, 2.75) is 13.0 Å². The first kappa shape index (κ1) is 23.3. The second kappa shape index (κ2) is 11.3. The molecule has 8 nitrogen and oxygen atoms in total. The average Bonchev–Trinajstić information content (AvgIpc) is 2.66. The number of hydrogen-bond acceptors (Lipinski definition) is 6. The van der Waals surface area contributed by atoms with Gasteiger partial charge in [0.25, 0.3) is 0 Å². The number of nitrogens with one attached hydrogen (secondary N) is 2. The zero-order valence-electron chi connectivity index (χ0n) is 16.5. The van der Waals surface area contributed by atoms with Crippen LogP contribution in [0.4, 0.5) is 5.69 Å². The highest BCUT2D eigenvalue weighted by Gasteiger charge is 2.04. The Morgan fingerprint density at radius 3 is 2.24 bits per heavy atom. The third-order valence-electron chi connectivity index (χ3n) is 4.10. The summed E-state index contributed by atoms with van der Waals surface area (Å²) in [5, 5.41) is 0. The van der Waals surface area contributed by atoms with Crippen LogP contribution in [0.5, 0.6) is 5.75 Å². The standard InChI is InChI=1S/C19H27N3O5S2/c1-22(12-11-16-3-5-17(6-4-16)15-20-28(23)24)13-14-27-19-9-7-18(8-10-19)21-29(2,25)26/h3-10,20-21H,11-15H2,1-2H3,(H,23,24)/p-1. The lowest BCUT2D eigenvalue weighted by Crippen LogP contribution is -2.26. The minimum absolute atomic E-state index is 0.291. The molecule has 0 aliphatic carbocycles. The van der Waals surface area contributed by atoms with Crippen LogP contribution < -0.4 is 14.2 Å². The molecule has 1 unspecified atom stereocenters. The maximum Gasteiger partial charge on any atom is 0.229 e. The summed E-state index contributed by atoms with van der Waals surface area (Å²) in [5.74, 6) is 0.681. The number of hydrogen-bond donors (Lipinski definition) is 2. The predicted molar refractivity (Wildman–Crippen MR) is 114 cm³/mol. The minimum Gasteiger partial charge on any atom is -0.760 e. The molecular weight excluding hydrogens is 414 g/mol. The number of nitrogens with zero attached hydrogens (tertiary/aromatic N) is 1. The van der Waals surface area contributed by atoms with Crippen molar-refractivity contribution in [2.24, 2.45) is 0 Å². The maximum atomic E-state index is 11.2. The molecule has 0 amide bonds. The molecule has 0 saturated heterocycles. The molecular formula is C19H26N3O5S2-. The molecule has 10 heteroatoms. The summed E-state index contributed by atoms with van der Waals surface area (Å²) in [7, 11) is -1.26. The van der Waals surface area contributed by atoms with Gasteiger partial charge in [0.05, 0.1) is 6.26 Å². The summed E-state index contributed by atoms with van der Waals surface area (Å²) in [4.78, 5) is 2.16. The van der Waals surface area contributed by atoms with Gasteiger partial charge < -0.3 is 14.2 Å². The van der Waals surface area contributed by atoms with Crippen LogP contribution >= 0.6 is 0 Å². The Hall–Kier alpha value is -1.98. The van der Waals surface area contributed by atoms with Crippen LogP contribution in [0.3, 0.4) is 0 Å². The van der Waals surface area contributed by atoms with Crippen LogP contribution in [0.2, 0.25) is 0 Å². The third-order valence-corrected chi connectivity index (χ3v) is 5.09. The van der Waals surface area contributed by atoms with Crippen LogP contribution in [0.25, 0.3) is 0 Å². The highest BCUT2D eigenvalue weighted by molar-refractivity contribution is 7.92. The first-order chi connectivity index (χ1) is 13.7. The largest absolute Gasteiger partial charge is 0.760 e. The number of likely N-dealkylation sites (N-methyl/N-ethyl adjacent to an activating group) is 1. The summed E-state index contributed by atoms with van der Waals surface area (Å²) in [6.45, 7) is 2.43. The fourth-order valence-electron chi connectivity index (χ4n) is 2.55. The Kier molecular flexibility index (Phi) is 9.05. The van der Waals surface area contributed by atoms with Gasteiger partial charge in [0, 0.05) is 36.6 Å². The van der Waals surface area contributed by atoms with E-state index in [0.717, 1.165) is 31.3 Å². The van der Waals surface area contributed by atoms with Crippen molar-refractivity contribution in [3.05, 3.63) is 59.7 Å². The number of rotatable bonds is 12. The maximum absolute atomic E-state index is 11.2. The van der Waals surface area contributed by atoms with Crippen molar-refractivity contribution in [3.8, 4) is 5.75 Å². The third kappa shape index (κ3) is 9.86. The van der Waals surface area contributed by atoms with Crippen LogP contribution in [-0.2, 0) is 34.3 Å². The molecule has 0 fully saturated rings. The molecule has 0 aliphatic rings. The van der Waals surface area contributed by atoms with Crippen LogP contribution in [-0.4, -0.2) is 55.1 Å². The quantitative estimate of drug-likeness (QED) is 0.484. The highest BCUT2D eigenvalue weighted by Crippen LogP contribution is 2.16. The Balaban J connectivity index is 1.68. The summed E-state index contributed by atoms with van der Waals surface area (Å²) in [6.07, 6.45) is 1.99. The number of benzene rings is 2. The number of ether oxygens (including phenoxy) is 1. The SMILES string of the molecule is CN(CCOc1ccc(NS(C)(=O)=O)cc1)CCc1ccc(CNS(=O)[O-])cc1. The zero-order chi connectivity index (χ0) is 21.3. The molecule has 0 heterocycles. The monoisotopic (exact) mass is 440 g/mol. The van der Waals surface area contributed by atoms with E-state index in [1.54, 1.807) is 24.3 Å². The van der Waals surface area contributed by atoms with Crippen molar-refractivity contribution >= 4 is 27.0 Å². The fourth-order valence-corrected chi connectivity index (χ4v) is 3.40. The second-order valence-corrected chi connectivity index (χ2v) is 9.18. The molecule has 2 rings (SSSR count). The highest BCUT2D eigenvalue weighted by atomic mass is 32.2. The lowest BCUT2D eigenvalue weighted by atomic mass is 10.1. The van der Waals surface area contributed by atoms with Gasteiger partial charge in [0.1, 0.15) is 12.4 Å². The molecule has 0 spiro atoms. The van der Waals surface area contributed by atoms with E-state index < -0.39 is 21.3 Å². The van der Waals surface area contributed by atoms with Gasteiger partial charge in [-0.25, -0.2) is 13.1 Å². The molecule has 2 aromatic carbocycles. The van der Waals surface area contributed by atoms with Gasteiger partial charge in [-0.2, -0.15) is 0 Å². The topological polar surface area (TPSA) is 111 Å². The molecule has 0 aromatic heterocycles. The molecule has 0 aliphatic heterocycles. The van der Waals surface area contributed by atoms with E-state index in [2.05, 4.69) is 14.3 Å². The van der Waals surface area contributed by atoms with Gasteiger partial charge in [-0.3, -0.25) is 8.93 Å². The summed E-state index contributed by atoms with van der Waals surface area (Å²) < 4.78 is 53.9. The molecule has 160 valence electrons. The van der Waals surface area contributed by atoms with E-state index in [9.17, 15) is 17.2 Å². The van der Waals surface area contributed by atoms with Gasteiger partial charge in [-0.05, 0) is 48.9 Å². The van der Waals surface area contributed by atoms with Crippen molar-refractivity contribution in [1.82, 2.24) is 9.62 Å². The summed E-state index contributed by atoms with van der Waals surface area (Å²) >= 11 is -2.25. The molecule has 2 aromatic rings. The number of sulfonamides is 1. The van der Waals surface area contributed by atoms with E-state index >= 15 is 0 Å². The van der Waals surface area contributed by atoms with E-state index in [4.69, 9.17) is 4.74 Å². The van der Waals surface area contributed by atoms with Gasteiger partial charge in [-0.1, -0.05) is 24.3 Å². The van der Waals surface area contributed by atoms with Gasteiger partial charge in [0.15, 0.2) is 0 Å².